The minimum atomic E-state index is -4.41. The fraction of sp³-hybridized carbons (Fsp3) is 0.643. The first-order valence-electron chi connectivity index (χ1n) is 37.9. The quantitative estimate of drug-likeness (QED) is 0.0211. The van der Waals surface area contributed by atoms with Gasteiger partial charge < -0.3 is 18.9 Å². The second-order valence-corrected chi connectivity index (χ2v) is 27.4. The maximum atomic E-state index is 12.9. The molecule has 2 atom stereocenters. The van der Waals surface area contributed by atoms with E-state index >= 15 is 0 Å². The molecule has 1 N–H and O–H groups in total. The lowest BCUT2D eigenvalue weighted by Gasteiger charge is -2.24. The number of hydrogen-bond donors (Lipinski definition) is 1. The Labute approximate surface area is 578 Å². The van der Waals surface area contributed by atoms with Gasteiger partial charge in [-0.2, -0.15) is 0 Å². The van der Waals surface area contributed by atoms with Crippen LogP contribution in [0.15, 0.2) is 170 Å². The maximum absolute atomic E-state index is 12.9. The van der Waals surface area contributed by atoms with E-state index in [9.17, 15) is 19.0 Å². The van der Waals surface area contributed by atoms with Crippen molar-refractivity contribution in [3.8, 4) is 0 Å². The van der Waals surface area contributed by atoms with Crippen molar-refractivity contribution in [2.45, 2.75) is 302 Å². The Hall–Kier alpha value is -4.63. The van der Waals surface area contributed by atoms with E-state index in [-0.39, 0.29) is 32.0 Å². The van der Waals surface area contributed by atoms with Gasteiger partial charge >= 0.3 is 19.8 Å². The van der Waals surface area contributed by atoms with Gasteiger partial charge in [0.1, 0.15) is 19.8 Å². The van der Waals surface area contributed by atoms with Crippen LogP contribution in [0.2, 0.25) is 0 Å². The molecular weight excluding hydrogens is 1180 g/mol. The number of allylic oxidation sites excluding steroid dienone is 28. The molecule has 0 aliphatic carbocycles. The van der Waals surface area contributed by atoms with Gasteiger partial charge in [-0.05, 0) is 128 Å². The Bertz CT molecular complexity index is 2200. The van der Waals surface area contributed by atoms with E-state index in [1.807, 2.05) is 21.1 Å². The molecule has 0 heterocycles. The molecule has 0 spiro atoms. The molecule has 0 saturated heterocycles. The van der Waals surface area contributed by atoms with Crippen molar-refractivity contribution in [1.29, 1.82) is 0 Å². The predicted molar refractivity (Wildman–Crippen MR) is 408 cm³/mol. The SMILES string of the molecule is CC/C=C\C/C=C\C/C=C\C/C=C\C/C=C\C/C=C\C/C=C\C/C=C\CCCCCCC(=O)OC(COC(=O)CCCCCCCCCCCCCCCCCCCCCCCC/C=C\C/C=C\C/C=C\C/C=C\C/C=C\C/C=C\CC)COP(=O)(O)OCC[N+](C)(C)C. The lowest BCUT2D eigenvalue weighted by atomic mass is 10.0. The van der Waals surface area contributed by atoms with Crippen molar-refractivity contribution < 1.29 is 42.1 Å². The van der Waals surface area contributed by atoms with Gasteiger partial charge in [0.05, 0.1) is 27.7 Å². The van der Waals surface area contributed by atoms with Crippen LogP contribution in [0.4, 0.5) is 0 Å². The molecule has 0 aromatic carbocycles. The zero-order valence-electron chi connectivity index (χ0n) is 60.9. The van der Waals surface area contributed by atoms with Gasteiger partial charge in [0, 0.05) is 12.8 Å². The highest BCUT2D eigenvalue weighted by molar-refractivity contribution is 7.47. The first-order chi connectivity index (χ1) is 46.0. The summed E-state index contributed by atoms with van der Waals surface area (Å²) in [4.78, 5) is 35.9. The summed E-state index contributed by atoms with van der Waals surface area (Å²) in [6.07, 6.45) is 111. The fourth-order valence-electron chi connectivity index (χ4n) is 10.0. The summed E-state index contributed by atoms with van der Waals surface area (Å²) in [6.45, 7) is 4.18. The molecule has 0 saturated carbocycles. The van der Waals surface area contributed by atoms with Crippen LogP contribution >= 0.6 is 7.82 Å². The lowest BCUT2D eigenvalue weighted by molar-refractivity contribution is -0.870. The van der Waals surface area contributed by atoms with Gasteiger partial charge in [-0.1, -0.05) is 325 Å². The molecular formula is C84H141NO8P+. The van der Waals surface area contributed by atoms with Crippen LogP contribution in [0.5, 0.6) is 0 Å². The number of nitrogens with zero attached hydrogens (tertiary/aromatic N) is 1. The molecule has 0 aliphatic rings. The van der Waals surface area contributed by atoms with E-state index in [0.29, 0.717) is 17.4 Å². The molecule has 0 fully saturated rings. The van der Waals surface area contributed by atoms with Crippen molar-refractivity contribution in [3.05, 3.63) is 170 Å². The molecule has 0 aliphatic heterocycles. The molecule has 0 aromatic rings. The average Bonchev–Trinajstić information content (AvgIpc) is 1.65. The third kappa shape index (κ3) is 76.4. The van der Waals surface area contributed by atoms with E-state index in [1.54, 1.807) is 0 Å². The van der Waals surface area contributed by atoms with Crippen molar-refractivity contribution in [2.24, 2.45) is 0 Å². The number of carbonyl (C=O) groups excluding carboxylic acids is 2. The highest BCUT2D eigenvalue weighted by atomic mass is 31.2. The van der Waals surface area contributed by atoms with E-state index in [0.717, 1.165) is 135 Å². The summed E-state index contributed by atoms with van der Waals surface area (Å²) in [5.74, 6) is -0.828. The molecule has 9 nitrogen and oxygen atoms in total. The lowest BCUT2D eigenvalue weighted by Crippen LogP contribution is -2.37. The van der Waals surface area contributed by atoms with Crippen molar-refractivity contribution in [3.63, 3.8) is 0 Å². The molecule has 0 radical (unpaired) electrons. The number of hydrogen-bond acceptors (Lipinski definition) is 7. The van der Waals surface area contributed by atoms with E-state index in [1.165, 1.54) is 128 Å². The molecule has 0 aromatic heterocycles. The van der Waals surface area contributed by atoms with E-state index in [4.69, 9.17) is 18.5 Å². The topological polar surface area (TPSA) is 108 Å². The number of unbranched alkanes of at least 4 members (excludes halogenated alkanes) is 26. The minimum absolute atomic E-state index is 0.0194. The Morgan fingerprint density at radius 3 is 0.851 bits per heavy atom. The number of carbonyl (C=O) groups is 2. The Balaban J connectivity index is 4.03. The Kier molecular flexibility index (Phi) is 69.1. The summed E-state index contributed by atoms with van der Waals surface area (Å²) < 4.78 is 34.7. The standard InChI is InChI=1S/C84H140NO8P/c1-6-8-10-12-14-16-18-20-22-24-26-28-30-32-34-36-37-38-39-40-41-42-43-44-45-46-47-49-50-52-54-56-58-60-62-64-66-68-70-72-74-76-83(86)90-80-82(81-92-94(88,89)91-79-78-85(3,4)5)93-84(87)77-75-73-71-69-67-65-63-61-59-57-55-53-51-48-35-33-31-29-27-25-23-21-19-17-15-13-11-9-7-2/h8-11,14-17,20-23,26-29,32-35,37-38,51,53,57,59,63,65,82H,6-7,12-13,18-19,24-25,30-31,36,39-50,52,54-56,58,60-62,64,66-81H2,1-5H3/p+1/b10-8-,11-9-,16-14-,17-15-,22-20-,23-21-,28-26-,29-27-,34-32-,35-33-,38-37-,53-51-,59-57-,65-63-. The van der Waals surface area contributed by atoms with Crippen molar-refractivity contribution in [2.75, 3.05) is 47.5 Å². The number of ether oxygens (including phenoxy) is 2. The maximum Gasteiger partial charge on any atom is 0.472 e. The first kappa shape index (κ1) is 89.4. The van der Waals surface area contributed by atoms with Gasteiger partial charge in [0.2, 0.25) is 0 Å². The Morgan fingerprint density at radius 1 is 0.330 bits per heavy atom. The zero-order valence-corrected chi connectivity index (χ0v) is 61.8. The second kappa shape index (κ2) is 72.6. The van der Waals surface area contributed by atoms with Crippen LogP contribution in [0, 0.1) is 0 Å². The number of esters is 2. The smallest absolute Gasteiger partial charge is 0.462 e. The number of phosphoric ester groups is 1. The monoisotopic (exact) mass is 1320 g/mol. The number of phosphoric acid groups is 1. The normalized spacial score (nSPS) is 14.1. The molecule has 94 heavy (non-hydrogen) atoms. The third-order valence-corrected chi connectivity index (χ3v) is 16.7. The predicted octanol–water partition coefficient (Wildman–Crippen LogP) is 25.3. The van der Waals surface area contributed by atoms with Gasteiger partial charge in [0.15, 0.2) is 6.10 Å². The van der Waals surface area contributed by atoms with Crippen LogP contribution < -0.4 is 0 Å². The summed E-state index contributed by atoms with van der Waals surface area (Å²) in [5.41, 5.74) is 0. The van der Waals surface area contributed by atoms with Crippen LogP contribution in [0.1, 0.15) is 296 Å². The van der Waals surface area contributed by atoms with Gasteiger partial charge in [-0.15, -0.1) is 0 Å². The summed E-state index contributed by atoms with van der Waals surface area (Å²) in [6, 6.07) is 0. The Morgan fingerprint density at radius 2 is 0.574 bits per heavy atom. The van der Waals surface area contributed by atoms with Gasteiger partial charge in [-0.3, -0.25) is 18.6 Å². The highest BCUT2D eigenvalue weighted by Crippen LogP contribution is 2.43. The van der Waals surface area contributed by atoms with E-state index in [2.05, 4.69) is 184 Å². The highest BCUT2D eigenvalue weighted by Gasteiger charge is 2.27. The van der Waals surface area contributed by atoms with Crippen LogP contribution in [0.3, 0.4) is 0 Å². The molecule has 0 rings (SSSR count). The summed E-state index contributed by atoms with van der Waals surface area (Å²) in [5, 5.41) is 0. The second-order valence-electron chi connectivity index (χ2n) is 25.9. The van der Waals surface area contributed by atoms with Crippen molar-refractivity contribution in [1.82, 2.24) is 0 Å². The van der Waals surface area contributed by atoms with Crippen LogP contribution in [-0.4, -0.2) is 74.9 Å². The molecule has 2 unspecified atom stereocenters. The molecule has 534 valence electrons. The summed E-state index contributed by atoms with van der Waals surface area (Å²) in [7, 11) is 1.45. The fourth-order valence-corrected chi connectivity index (χ4v) is 10.8. The van der Waals surface area contributed by atoms with Gasteiger partial charge in [-0.25, -0.2) is 4.57 Å². The molecule has 0 bridgehead atoms. The number of likely N-dealkylation sites (N-methyl/N-ethyl adjacent to an activating group) is 1. The average molecular weight is 1320 g/mol. The minimum Gasteiger partial charge on any atom is -0.462 e. The first-order valence-corrected chi connectivity index (χ1v) is 39.4. The largest absolute Gasteiger partial charge is 0.472 e. The molecule has 0 amide bonds. The molecule has 10 heteroatoms. The van der Waals surface area contributed by atoms with Gasteiger partial charge in [0.25, 0.3) is 0 Å². The number of quaternary nitrogens is 1. The van der Waals surface area contributed by atoms with Crippen molar-refractivity contribution >= 4 is 19.8 Å². The van der Waals surface area contributed by atoms with Crippen LogP contribution in [0.25, 0.3) is 0 Å². The third-order valence-electron chi connectivity index (χ3n) is 15.7. The zero-order chi connectivity index (χ0) is 68.3. The summed E-state index contributed by atoms with van der Waals surface area (Å²) >= 11 is 0. The number of rotatable bonds is 68. The van der Waals surface area contributed by atoms with E-state index < -0.39 is 26.5 Å². The van der Waals surface area contributed by atoms with Crippen LogP contribution in [-0.2, 0) is 32.7 Å².